The molecule has 0 fully saturated rings. The molecule has 0 saturated carbocycles. The molecule has 2 aromatic carbocycles. The van der Waals surface area contributed by atoms with Crippen LogP contribution in [0.2, 0.25) is 0 Å². The fraction of sp³-hybridized carbons (Fsp3) is 0.176. The molecule has 0 saturated heterocycles. The van der Waals surface area contributed by atoms with Gasteiger partial charge < -0.3 is 4.74 Å². The van der Waals surface area contributed by atoms with Gasteiger partial charge in [0.1, 0.15) is 11.6 Å². The molecule has 0 heterocycles. The van der Waals surface area contributed by atoms with Gasteiger partial charge in [0.05, 0.1) is 5.56 Å². The molecule has 7 heteroatoms. The van der Waals surface area contributed by atoms with Gasteiger partial charge in [-0.2, -0.15) is 0 Å². The molecule has 0 aromatic heterocycles. The number of aryl methyl sites for hydroxylation is 1. The Kier molecular flexibility index (Phi) is 6.31. The highest BCUT2D eigenvalue weighted by Crippen LogP contribution is 2.15. The first kappa shape index (κ1) is 17.9. The molecule has 0 radical (unpaired) electrons. The van der Waals surface area contributed by atoms with Gasteiger partial charge >= 0.3 is 0 Å². The third-order valence-corrected chi connectivity index (χ3v) is 3.69. The number of carbonyl (C=O) groups excluding carboxylic acids is 2. The molecule has 0 spiro atoms. The summed E-state index contributed by atoms with van der Waals surface area (Å²) in [7, 11) is 0. The van der Waals surface area contributed by atoms with Crippen LogP contribution in [-0.4, -0.2) is 18.4 Å². The number of benzene rings is 2. The standard InChI is InChI=1S/C17H16BrFN2O3/c1-2-11-3-6-13(7-4-11)24-10-16(22)20-21-17(23)14-8-5-12(18)9-15(14)19/h3-9H,2,10H2,1H3,(H,20,22)(H,21,23). The Morgan fingerprint density at radius 2 is 1.83 bits per heavy atom. The summed E-state index contributed by atoms with van der Waals surface area (Å²) in [5.41, 5.74) is 5.30. The van der Waals surface area contributed by atoms with Crippen molar-refractivity contribution in [3.8, 4) is 5.75 Å². The first-order valence-electron chi connectivity index (χ1n) is 7.25. The van der Waals surface area contributed by atoms with Crippen LogP contribution in [0.25, 0.3) is 0 Å². The van der Waals surface area contributed by atoms with Crippen LogP contribution < -0.4 is 15.6 Å². The van der Waals surface area contributed by atoms with Gasteiger partial charge in [-0.3, -0.25) is 20.4 Å². The molecular formula is C17H16BrFN2O3. The number of hydrogen-bond donors (Lipinski definition) is 2. The predicted octanol–water partition coefficient (Wildman–Crippen LogP) is 2.99. The molecule has 5 nitrogen and oxygen atoms in total. The maximum atomic E-state index is 13.6. The Labute approximate surface area is 147 Å². The zero-order valence-electron chi connectivity index (χ0n) is 12.9. The Hall–Kier alpha value is -2.41. The highest BCUT2D eigenvalue weighted by Gasteiger charge is 2.13. The highest BCUT2D eigenvalue weighted by molar-refractivity contribution is 9.10. The van der Waals surface area contributed by atoms with Crippen LogP contribution in [0.1, 0.15) is 22.8 Å². The third kappa shape index (κ3) is 5.06. The maximum absolute atomic E-state index is 13.6. The van der Waals surface area contributed by atoms with Crippen LogP contribution in [0.5, 0.6) is 5.75 Å². The average molecular weight is 395 g/mol. The summed E-state index contributed by atoms with van der Waals surface area (Å²) < 4.78 is 19.4. The summed E-state index contributed by atoms with van der Waals surface area (Å²) in [5, 5.41) is 0. The first-order valence-corrected chi connectivity index (χ1v) is 8.05. The zero-order valence-corrected chi connectivity index (χ0v) is 14.5. The van der Waals surface area contributed by atoms with Crippen LogP contribution in [-0.2, 0) is 11.2 Å². The van der Waals surface area contributed by atoms with E-state index in [0.29, 0.717) is 10.2 Å². The van der Waals surface area contributed by atoms with Crippen molar-refractivity contribution in [2.75, 3.05) is 6.61 Å². The van der Waals surface area contributed by atoms with Gasteiger partial charge in [0.15, 0.2) is 6.61 Å². The lowest BCUT2D eigenvalue weighted by Crippen LogP contribution is -2.44. The van der Waals surface area contributed by atoms with E-state index in [1.807, 2.05) is 19.1 Å². The molecule has 0 bridgehead atoms. The van der Waals surface area contributed by atoms with Gasteiger partial charge in [0, 0.05) is 4.47 Å². The number of halogens is 2. The Bertz CT molecular complexity index is 735. The van der Waals surface area contributed by atoms with E-state index in [0.717, 1.165) is 12.0 Å². The molecular weight excluding hydrogens is 379 g/mol. The van der Waals surface area contributed by atoms with Crippen LogP contribution in [0.4, 0.5) is 4.39 Å². The number of hydrogen-bond acceptors (Lipinski definition) is 3. The topological polar surface area (TPSA) is 67.4 Å². The highest BCUT2D eigenvalue weighted by atomic mass is 79.9. The van der Waals surface area contributed by atoms with E-state index in [1.54, 1.807) is 12.1 Å². The van der Waals surface area contributed by atoms with Crippen molar-refractivity contribution in [1.82, 2.24) is 10.9 Å². The molecule has 2 N–H and O–H groups in total. The second-order valence-electron chi connectivity index (χ2n) is 4.91. The van der Waals surface area contributed by atoms with Gasteiger partial charge in [0.2, 0.25) is 0 Å². The Balaban J connectivity index is 1.80. The zero-order chi connectivity index (χ0) is 17.5. The van der Waals surface area contributed by atoms with Crippen LogP contribution in [0.3, 0.4) is 0 Å². The lowest BCUT2D eigenvalue weighted by atomic mass is 10.2. The largest absolute Gasteiger partial charge is 0.484 e. The van der Waals surface area contributed by atoms with E-state index in [9.17, 15) is 14.0 Å². The number of hydrazine groups is 1. The van der Waals surface area contributed by atoms with E-state index < -0.39 is 17.6 Å². The summed E-state index contributed by atoms with van der Waals surface area (Å²) >= 11 is 3.10. The molecule has 2 rings (SSSR count). The van der Waals surface area contributed by atoms with E-state index in [-0.39, 0.29) is 12.2 Å². The number of nitrogens with one attached hydrogen (secondary N) is 2. The van der Waals surface area contributed by atoms with E-state index >= 15 is 0 Å². The van der Waals surface area contributed by atoms with Gasteiger partial charge in [-0.05, 0) is 42.3 Å². The van der Waals surface area contributed by atoms with Gasteiger partial charge in [-0.25, -0.2) is 4.39 Å². The molecule has 0 atom stereocenters. The number of carbonyl (C=O) groups is 2. The van der Waals surface area contributed by atoms with Gasteiger partial charge in [-0.1, -0.05) is 35.0 Å². The minimum atomic E-state index is -0.749. The summed E-state index contributed by atoms with van der Waals surface area (Å²) in [6.07, 6.45) is 0.916. The molecule has 2 aromatic rings. The second-order valence-corrected chi connectivity index (χ2v) is 5.83. The minimum absolute atomic E-state index is 0.172. The second kappa shape index (κ2) is 8.44. The van der Waals surface area contributed by atoms with Crippen LogP contribution >= 0.6 is 15.9 Å². The van der Waals surface area contributed by atoms with Crippen molar-refractivity contribution < 1.29 is 18.7 Å². The molecule has 126 valence electrons. The van der Waals surface area contributed by atoms with Crippen molar-refractivity contribution in [2.24, 2.45) is 0 Å². The lowest BCUT2D eigenvalue weighted by molar-refractivity contribution is -0.123. The molecule has 24 heavy (non-hydrogen) atoms. The maximum Gasteiger partial charge on any atom is 0.276 e. The van der Waals surface area contributed by atoms with Crippen molar-refractivity contribution in [3.05, 3.63) is 63.9 Å². The molecule has 0 aliphatic carbocycles. The number of ether oxygens (including phenoxy) is 1. The number of amides is 2. The molecule has 0 unspecified atom stereocenters. The Morgan fingerprint density at radius 1 is 1.12 bits per heavy atom. The normalized spacial score (nSPS) is 10.1. The monoisotopic (exact) mass is 394 g/mol. The van der Waals surface area contributed by atoms with Crippen LogP contribution in [0.15, 0.2) is 46.9 Å². The van der Waals surface area contributed by atoms with Crippen LogP contribution in [0, 0.1) is 5.82 Å². The smallest absolute Gasteiger partial charge is 0.276 e. The SMILES string of the molecule is CCc1ccc(OCC(=O)NNC(=O)c2ccc(Br)cc2F)cc1. The first-order chi connectivity index (χ1) is 11.5. The van der Waals surface area contributed by atoms with E-state index in [4.69, 9.17) is 4.74 Å². The summed E-state index contributed by atoms with van der Waals surface area (Å²) in [6.45, 7) is 1.77. The molecule has 0 aliphatic rings. The molecule has 0 aliphatic heterocycles. The van der Waals surface area contributed by atoms with Crippen molar-refractivity contribution in [3.63, 3.8) is 0 Å². The fourth-order valence-corrected chi connectivity index (χ4v) is 2.21. The van der Waals surface area contributed by atoms with Gasteiger partial charge in [0.25, 0.3) is 11.8 Å². The summed E-state index contributed by atoms with van der Waals surface area (Å²) in [5.74, 6) is -1.45. The third-order valence-electron chi connectivity index (χ3n) is 3.19. The molecule has 2 amide bonds. The Morgan fingerprint density at radius 3 is 2.46 bits per heavy atom. The summed E-state index contributed by atoms with van der Waals surface area (Å²) in [4.78, 5) is 23.5. The number of rotatable bonds is 5. The predicted molar refractivity (Wildman–Crippen MR) is 91.0 cm³/mol. The summed E-state index contributed by atoms with van der Waals surface area (Å²) in [6, 6.07) is 11.4. The van der Waals surface area contributed by atoms with E-state index in [1.165, 1.54) is 18.2 Å². The van der Waals surface area contributed by atoms with Crippen molar-refractivity contribution >= 4 is 27.7 Å². The lowest BCUT2D eigenvalue weighted by Gasteiger charge is -2.09. The van der Waals surface area contributed by atoms with Gasteiger partial charge in [-0.15, -0.1) is 0 Å². The fourth-order valence-electron chi connectivity index (χ4n) is 1.87. The minimum Gasteiger partial charge on any atom is -0.484 e. The average Bonchev–Trinajstić information content (AvgIpc) is 2.58. The van der Waals surface area contributed by atoms with Crippen molar-refractivity contribution in [1.29, 1.82) is 0 Å². The van der Waals surface area contributed by atoms with E-state index in [2.05, 4.69) is 26.8 Å². The quantitative estimate of drug-likeness (QED) is 0.765. The van der Waals surface area contributed by atoms with Crippen molar-refractivity contribution in [2.45, 2.75) is 13.3 Å².